The van der Waals surface area contributed by atoms with E-state index in [9.17, 15) is 4.79 Å². The molecule has 4 heterocycles. The second kappa shape index (κ2) is 8.08. The Bertz CT molecular complexity index is 1330. The number of aromatic nitrogens is 7. The predicted octanol–water partition coefficient (Wildman–Crippen LogP) is 3.57. The van der Waals surface area contributed by atoms with Crippen molar-refractivity contribution >= 4 is 23.5 Å². The van der Waals surface area contributed by atoms with Gasteiger partial charge < -0.3 is 15.4 Å². The molecule has 0 aliphatic heterocycles. The van der Waals surface area contributed by atoms with E-state index in [2.05, 4.69) is 35.8 Å². The van der Waals surface area contributed by atoms with Crippen molar-refractivity contribution < 1.29 is 9.53 Å². The molecule has 2 aliphatic rings. The topological polar surface area (TPSA) is 135 Å². The van der Waals surface area contributed by atoms with Crippen molar-refractivity contribution in [2.75, 3.05) is 5.32 Å². The molecule has 11 heteroatoms. The van der Waals surface area contributed by atoms with E-state index in [1.165, 1.54) is 6.33 Å². The summed E-state index contributed by atoms with van der Waals surface area (Å²) in [6.45, 7) is 2.04. The molecule has 0 bridgehead atoms. The van der Waals surface area contributed by atoms with Crippen LogP contribution >= 0.6 is 0 Å². The van der Waals surface area contributed by atoms with Crippen LogP contribution in [0.15, 0.2) is 43.2 Å². The van der Waals surface area contributed by atoms with Gasteiger partial charge in [0.25, 0.3) is 0 Å². The molecule has 2 atom stereocenters. The lowest BCUT2D eigenvalue weighted by molar-refractivity contribution is 0.0967. The van der Waals surface area contributed by atoms with Crippen LogP contribution in [0.2, 0.25) is 0 Å². The van der Waals surface area contributed by atoms with Crippen molar-refractivity contribution in [3.63, 3.8) is 0 Å². The van der Waals surface area contributed by atoms with E-state index < -0.39 is 0 Å². The van der Waals surface area contributed by atoms with E-state index in [-0.39, 0.29) is 23.7 Å². The molecule has 1 amide bonds. The molecule has 2 aliphatic carbocycles. The summed E-state index contributed by atoms with van der Waals surface area (Å²) in [4.78, 5) is 29.4. The number of fused-ring (bicyclic) bond motifs is 1. The Kier molecular flexibility index (Phi) is 4.89. The first kappa shape index (κ1) is 20.6. The minimum atomic E-state index is -0.309. The lowest BCUT2D eigenvalue weighted by atomic mass is 10.0. The van der Waals surface area contributed by atoms with Crippen molar-refractivity contribution in [2.45, 2.75) is 56.6 Å². The first-order chi connectivity index (χ1) is 16.5. The molecule has 0 spiro atoms. The third-order valence-electron chi connectivity index (χ3n) is 6.59. The Morgan fingerprint density at radius 2 is 2.09 bits per heavy atom. The van der Waals surface area contributed by atoms with Gasteiger partial charge in [0.1, 0.15) is 18.1 Å². The summed E-state index contributed by atoms with van der Waals surface area (Å²) in [6, 6.07) is 3.87. The molecular weight excluding hydrogens is 434 g/mol. The fourth-order valence-corrected chi connectivity index (χ4v) is 4.38. The summed E-state index contributed by atoms with van der Waals surface area (Å²) in [5.41, 5.74) is 3.21. The second-order valence-electron chi connectivity index (χ2n) is 9.30. The monoisotopic (exact) mass is 459 g/mol. The van der Waals surface area contributed by atoms with Gasteiger partial charge in [-0.05, 0) is 39.0 Å². The largest absolute Gasteiger partial charge is 0.446 e. The van der Waals surface area contributed by atoms with E-state index in [1.807, 2.05) is 29.7 Å². The number of aromatic amines is 1. The molecule has 0 aromatic carbocycles. The highest BCUT2D eigenvalue weighted by molar-refractivity contribution is 5.69. The van der Waals surface area contributed by atoms with Crippen molar-refractivity contribution in [2.24, 2.45) is 0 Å². The molecule has 0 radical (unpaired) electrons. The highest BCUT2D eigenvalue weighted by Crippen LogP contribution is 2.37. The lowest BCUT2D eigenvalue weighted by Crippen LogP contribution is -2.36. The summed E-state index contributed by atoms with van der Waals surface area (Å²) < 4.78 is 7.51. The van der Waals surface area contributed by atoms with Gasteiger partial charge in [-0.15, -0.1) is 0 Å². The smallest absolute Gasteiger partial charge is 0.407 e. The molecule has 4 aromatic heterocycles. The Labute approximate surface area is 195 Å². The number of anilines is 2. The summed E-state index contributed by atoms with van der Waals surface area (Å²) in [5.74, 6) is 1.50. The first-order valence-corrected chi connectivity index (χ1v) is 11.5. The Morgan fingerprint density at radius 1 is 1.24 bits per heavy atom. The van der Waals surface area contributed by atoms with Crippen molar-refractivity contribution in [1.82, 2.24) is 39.9 Å². The zero-order chi connectivity index (χ0) is 23.1. The van der Waals surface area contributed by atoms with Gasteiger partial charge in [-0.1, -0.05) is 0 Å². The molecular formula is C23H25N9O2. The molecule has 11 nitrogen and oxygen atoms in total. The van der Waals surface area contributed by atoms with E-state index >= 15 is 0 Å². The second-order valence-corrected chi connectivity index (χ2v) is 9.30. The zero-order valence-corrected chi connectivity index (χ0v) is 18.7. The average molecular weight is 460 g/mol. The number of hydrogen-bond acceptors (Lipinski definition) is 8. The van der Waals surface area contributed by atoms with Gasteiger partial charge in [0, 0.05) is 59.6 Å². The van der Waals surface area contributed by atoms with Crippen molar-refractivity contribution in [1.29, 1.82) is 0 Å². The highest BCUT2D eigenvalue weighted by atomic mass is 16.6. The number of carbonyl (C=O) groups excluding carboxylic acids is 1. The van der Waals surface area contributed by atoms with Crippen LogP contribution in [0.1, 0.15) is 50.6 Å². The number of amides is 1. The Morgan fingerprint density at radius 3 is 2.91 bits per heavy atom. The van der Waals surface area contributed by atoms with Crippen LogP contribution in [0.3, 0.4) is 0 Å². The fraction of sp³-hybridized carbons (Fsp3) is 0.391. The number of nitrogens with zero attached hydrogens (tertiary/aromatic N) is 6. The Hall–Kier alpha value is -4.02. The van der Waals surface area contributed by atoms with Crippen LogP contribution in [0, 0.1) is 0 Å². The first-order valence-electron chi connectivity index (χ1n) is 11.5. The summed E-state index contributed by atoms with van der Waals surface area (Å²) >= 11 is 0. The van der Waals surface area contributed by atoms with Gasteiger partial charge >= 0.3 is 6.09 Å². The SMILES string of the molecule is CC1(NC(=O)OC2CCC(c3cc(Nc4nc(-c5cncnc5)cc5nccn45)n[nH]3)C2)CC1. The molecule has 2 fully saturated rings. The molecule has 34 heavy (non-hydrogen) atoms. The normalized spacial score (nSPS) is 20.9. The zero-order valence-electron chi connectivity index (χ0n) is 18.7. The molecule has 2 unspecified atom stereocenters. The Balaban J connectivity index is 1.15. The molecule has 174 valence electrons. The van der Waals surface area contributed by atoms with Gasteiger partial charge in [-0.3, -0.25) is 9.50 Å². The molecule has 6 rings (SSSR count). The number of rotatable bonds is 6. The number of alkyl carbamates (subject to hydrolysis) is 1. The number of ether oxygens (including phenoxy) is 1. The third-order valence-corrected chi connectivity index (χ3v) is 6.59. The number of hydrogen-bond donors (Lipinski definition) is 3. The van der Waals surface area contributed by atoms with Crippen LogP contribution in [0.25, 0.3) is 16.9 Å². The number of nitrogens with one attached hydrogen (secondary N) is 3. The average Bonchev–Trinajstić information content (AvgIpc) is 3.28. The number of imidazole rings is 1. The van der Waals surface area contributed by atoms with E-state index in [0.717, 1.165) is 49.0 Å². The predicted molar refractivity (Wildman–Crippen MR) is 124 cm³/mol. The quantitative estimate of drug-likeness (QED) is 0.398. The maximum Gasteiger partial charge on any atom is 0.407 e. The van der Waals surface area contributed by atoms with Crippen LogP contribution in [-0.4, -0.2) is 52.3 Å². The van der Waals surface area contributed by atoms with Crippen molar-refractivity contribution in [3.8, 4) is 11.3 Å². The molecule has 0 saturated heterocycles. The number of carbonyl (C=O) groups is 1. The standard InChI is InChI=1S/C23H25N9O2/c1-23(4-5-23)29-22(33)34-16-3-2-14(8-16)18-9-19(31-30-18)28-21-27-17(15-11-24-13-25-12-15)10-20-26-6-7-32(20)21/h6-7,9-14,16H,2-5,8H2,1H3,(H,29,33)(H2,27,28,30,31). The summed E-state index contributed by atoms with van der Waals surface area (Å²) in [7, 11) is 0. The highest BCUT2D eigenvalue weighted by Gasteiger charge is 2.40. The van der Waals surface area contributed by atoms with Gasteiger partial charge in [0.05, 0.1) is 5.69 Å². The van der Waals surface area contributed by atoms with Crippen LogP contribution in [-0.2, 0) is 4.74 Å². The molecule has 3 N–H and O–H groups in total. The van der Waals surface area contributed by atoms with Crippen molar-refractivity contribution in [3.05, 3.63) is 48.9 Å². The lowest BCUT2D eigenvalue weighted by Gasteiger charge is -2.16. The maximum atomic E-state index is 12.1. The molecule has 4 aromatic rings. The van der Waals surface area contributed by atoms with E-state index in [1.54, 1.807) is 18.6 Å². The molecule has 2 saturated carbocycles. The van der Waals surface area contributed by atoms with E-state index in [4.69, 9.17) is 9.72 Å². The fourth-order valence-electron chi connectivity index (χ4n) is 4.38. The summed E-state index contributed by atoms with van der Waals surface area (Å²) in [5, 5.41) is 13.8. The van der Waals surface area contributed by atoms with E-state index in [0.29, 0.717) is 17.5 Å². The van der Waals surface area contributed by atoms with Crippen LogP contribution in [0.5, 0.6) is 0 Å². The minimum absolute atomic E-state index is 0.0709. The van der Waals surface area contributed by atoms with Gasteiger partial charge in [-0.25, -0.2) is 24.7 Å². The van der Waals surface area contributed by atoms with Gasteiger partial charge in [-0.2, -0.15) is 5.10 Å². The maximum absolute atomic E-state index is 12.1. The number of H-pyrrole nitrogens is 1. The third kappa shape index (κ3) is 4.16. The van der Waals surface area contributed by atoms with Gasteiger partial charge in [0.2, 0.25) is 5.95 Å². The van der Waals surface area contributed by atoms with Gasteiger partial charge in [0.15, 0.2) is 5.82 Å². The van der Waals surface area contributed by atoms with Crippen LogP contribution in [0.4, 0.5) is 16.6 Å². The minimum Gasteiger partial charge on any atom is -0.446 e. The summed E-state index contributed by atoms with van der Waals surface area (Å²) in [6.07, 6.45) is 12.7. The van der Waals surface area contributed by atoms with Crippen LogP contribution < -0.4 is 10.6 Å².